The normalized spacial score (nSPS) is 26.6. The Bertz CT molecular complexity index is 584. The van der Waals surface area contributed by atoms with Gasteiger partial charge in [-0.15, -0.1) is 0 Å². The molecule has 6 heteroatoms. The lowest BCUT2D eigenvalue weighted by Gasteiger charge is -2.31. The van der Waals surface area contributed by atoms with Gasteiger partial charge in [0.2, 0.25) is 0 Å². The van der Waals surface area contributed by atoms with Crippen LogP contribution < -0.4 is 5.32 Å². The van der Waals surface area contributed by atoms with E-state index >= 15 is 0 Å². The summed E-state index contributed by atoms with van der Waals surface area (Å²) in [4.78, 5) is 11.7. The number of nitrogens with one attached hydrogen (secondary N) is 1. The summed E-state index contributed by atoms with van der Waals surface area (Å²) >= 11 is 0. The molecule has 0 aliphatic heterocycles. The summed E-state index contributed by atoms with van der Waals surface area (Å²) in [5.41, 5.74) is -0.434. The molecule has 5 nitrogen and oxygen atoms in total. The van der Waals surface area contributed by atoms with Crippen LogP contribution in [0.4, 0.5) is 0 Å². The van der Waals surface area contributed by atoms with Crippen LogP contribution in [0.3, 0.4) is 0 Å². The maximum atomic E-state index is 11.9. The van der Waals surface area contributed by atoms with Crippen molar-refractivity contribution in [1.29, 1.82) is 0 Å². The first-order chi connectivity index (χ1) is 9.36. The molecule has 0 radical (unpaired) electrons. The fourth-order valence-electron chi connectivity index (χ4n) is 2.93. The van der Waals surface area contributed by atoms with E-state index in [1.54, 1.807) is 0 Å². The van der Waals surface area contributed by atoms with Gasteiger partial charge in [0.25, 0.3) is 0 Å². The first-order valence-corrected chi connectivity index (χ1v) is 8.53. The van der Waals surface area contributed by atoms with E-state index in [2.05, 4.69) is 5.32 Å². The van der Waals surface area contributed by atoms with Gasteiger partial charge in [0.1, 0.15) is 5.54 Å². The number of rotatable bonds is 5. The molecule has 2 unspecified atom stereocenters. The number of carboxylic acids is 1. The van der Waals surface area contributed by atoms with Gasteiger partial charge in [-0.3, -0.25) is 10.1 Å². The second-order valence-electron chi connectivity index (χ2n) is 5.33. The second-order valence-corrected chi connectivity index (χ2v) is 7.55. The van der Waals surface area contributed by atoms with E-state index in [-0.39, 0.29) is 0 Å². The van der Waals surface area contributed by atoms with Crippen molar-refractivity contribution < 1.29 is 18.3 Å². The Morgan fingerprint density at radius 2 is 2.05 bits per heavy atom. The van der Waals surface area contributed by atoms with Crippen LogP contribution in [0.5, 0.6) is 0 Å². The molecule has 0 saturated heterocycles. The Balaban J connectivity index is 2.24. The van der Waals surface area contributed by atoms with Crippen LogP contribution in [-0.4, -0.2) is 36.5 Å². The zero-order valence-corrected chi connectivity index (χ0v) is 12.2. The molecule has 1 aliphatic carbocycles. The van der Waals surface area contributed by atoms with Gasteiger partial charge in [0.15, 0.2) is 9.84 Å². The lowest BCUT2D eigenvalue weighted by atomic mass is 9.97. The van der Waals surface area contributed by atoms with E-state index in [1.165, 1.54) is 0 Å². The molecule has 2 rings (SSSR count). The van der Waals surface area contributed by atoms with Crippen LogP contribution in [0.15, 0.2) is 30.3 Å². The quantitative estimate of drug-likeness (QED) is 0.853. The SMILES string of the molecule is CS(=O)(=O)C1CCCC1(NCc1ccccc1)C(=O)O. The zero-order chi connectivity index (χ0) is 14.8. The molecular formula is C14H19NO4S. The predicted octanol–water partition coefficient (Wildman–Crippen LogP) is 1.20. The lowest BCUT2D eigenvalue weighted by Crippen LogP contribution is -2.59. The molecule has 1 saturated carbocycles. The van der Waals surface area contributed by atoms with E-state index < -0.39 is 26.6 Å². The monoisotopic (exact) mass is 297 g/mol. The molecule has 1 aliphatic rings. The number of hydrogen-bond acceptors (Lipinski definition) is 4. The molecule has 2 atom stereocenters. The third kappa shape index (κ3) is 2.86. The summed E-state index contributed by atoms with van der Waals surface area (Å²) in [6.45, 7) is 0.346. The van der Waals surface area contributed by atoms with Crippen molar-refractivity contribution in [2.24, 2.45) is 0 Å². The first kappa shape index (κ1) is 15.0. The first-order valence-electron chi connectivity index (χ1n) is 6.57. The largest absolute Gasteiger partial charge is 0.480 e. The minimum atomic E-state index is -3.40. The molecule has 0 bridgehead atoms. The van der Waals surface area contributed by atoms with Gasteiger partial charge in [-0.25, -0.2) is 8.42 Å². The van der Waals surface area contributed by atoms with Crippen LogP contribution in [0, 0.1) is 0 Å². The Hall–Kier alpha value is -1.40. The summed E-state index contributed by atoms with van der Waals surface area (Å²) < 4.78 is 23.7. The molecule has 2 N–H and O–H groups in total. The van der Waals surface area contributed by atoms with Gasteiger partial charge in [0.05, 0.1) is 5.25 Å². The Labute approximate surface area is 118 Å². The zero-order valence-electron chi connectivity index (χ0n) is 11.4. The highest BCUT2D eigenvalue weighted by atomic mass is 32.2. The van der Waals surface area contributed by atoms with Crippen molar-refractivity contribution in [1.82, 2.24) is 5.32 Å². The minimum absolute atomic E-state index is 0.340. The van der Waals surface area contributed by atoms with E-state index in [9.17, 15) is 18.3 Å². The number of carboxylic acid groups (broad SMARTS) is 1. The average molecular weight is 297 g/mol. The average Bonchev–Trinajstić information content (AvgIpc) is 2.83. The number of aliphatic carboxylic acids is 1. The summed E-state index contributed by atoms with van der Waals surface area (Å²) in [6, 6.07) is 9.38. The van der Waals surface area contributed by atoms with Crippen molar-refractivity contribution in [2.45, 2.75) is 36.6 Å². The van der Waals surface area contributed by atoms with Crippen molar-refractivity contribution in [3.8, 4) is 0 Å². The topological polar surface area (TPSA) is 83.5 Å². The Morgan fingerprint density at radius 3 is 2.60 bits per heavy atom. The molecule has 0 heterocycles. The van der Waals surface area contributed by atoms with Gasteiger partial charge in [0, 0.05) is 12.8 Å². The van der Waals surface area contributed by atoms with Gasteiger partial charge >= 0.3 is 5.97 Å². The molecular weight excluding hydrogens is 278 g/mol. The third-order valence-corrected chi connectivity index (χ3v) is 5.61. The predicted molar refractivity (Wildman–Crippen MR) is 76.1 cm³/mol. The highest BCUT2D eigenvalue weighted by molar-refractivity contribution is 7.91. The fraction of sp³-hybridized carbons (Fsp3) is 0.500. The number of carbonyl (C=O) groups is 1. The molecule has 0 aromatic heterocycles. The Kier molecular flexibility index (Phi) is 4.15. The van der Waals surface area contributed by atoms with Crippen molar-refractivity contribution in [3.63, 3.8) is 0 Å². The molecule has 1 fully saturated rings. The van der Waals surface area contributed by atoms with E-state index in [4.69, 9.17) is 0 Å². The molecule has 0 spiro atoms. The lowest BCUT2D eigenvalue weighted by molar-refractivity contribution is -0.144. The van der Waals surface area contributed by atoms with Gasteiger partial charge in [-0.05, 0) is 24.8 Å². The van der Waals surface area contributed by atoms with Crippen LogP contribution in [0.2, 0.25) is 0 Å². The number of sulfone groups is 1. The fourth-order valence-corrected chi connectivity index (χ4v) is 4.56. The van der Waals surface area contributed by atoms with E-state index in [0.717, 1.165) is 11.8 Å². The Morgan fingerprint density at radius 1 is 1.40 bits per heavy atom. The van der Waals surface area contributed by atoms with Crippen LogP contribution in [0.1, 0.15) is 24.8 Å². The van der Waals surface area contributed by atoms with Gasteiger partial charge in [-0.1, -0.05) is 30.3 Å². The smallest absolute Gasteiger partial charge is 0.325 e. The maximum absolute atomic E-state index is 11.9. The van der Waals surface area contributed by atoms with E-state index in [1.807, 2.05) is 30.3 Å². The van der Waals surface area contributed by atoms with Crippen molar-refractivity contribution in [2.75, 3.05) is 6.26 Å². The molecule has 1 aromatic rings. The summed E-state index contributed by atoms with van der Waals surface area (Å²) in [5.74, 6) is -1.08. The summed E-state index contributed by atoms with van der Waals surface area (Å²) in [6.07, 6.45) is 2.45. The molecule has 110 valence electrons. The molecule has 0 amide bonds. The van der Waals surface area contributed by atoms with Crippen LogP contribution in [0.25, 0.3) is 0 Å². The minimum Gasteiger partial charge on any atom is -0.480 e. The van der Waals surface area contributed by atoms with Crippen LogP contribution >= 0.6 is 0 Å². The standard InChI is InChI=1S/C14H19NO4S/c1-20(18,19)12-8-5-9-14(12,13(16)17)15-10-11-6-3-2-4-7-11/h2-4,6-7,12,15H,5,8-10H2,1H3,(H,16,17). The highest BCUT2D eigenvalue weighted by Crippen LogP contribution is 2.35. The van der Waals surface area contributed by atoms with Crippen LogP contribution in [-0.2, 0) is 21.2 Å². The van der Waals surface area contributed by atoms with Gasteiger partial charge in [-0.2, -0.15) is 0 Å². The van der Waals surface area contributed by atoms with Crippen molar-refractivity contribution >= 4 is 15.8 Å². The summed E-state index contributed by atoms with van der Waals surface area (Å²) in [5, 5.41) is 11.7. The molecule has 1 aromatic carbocycles. The molecule has 20 heavy (non-hydrogen) atoms. The summed E-state index contributed by atoms with van der Waals surface area (Å²) in [7, 11) is -3.40. The highest BCUT2D eigenvalue weighted by Gasteiger charge is 2.53. The maximum Gasteiger partial charge on any atom is 0.325 e. The van der Waals surface area contributed by atoms with E-state index in [0.29, 0.717) is 25.8 Å². The van der Waals surface area contributed by atoms with Gasteiger partial charge < -0.3 is 5.11 Å². The number of benzene rings is 1. The third-order valence-electron chi connectivity index (χ3n) is 3.94. The number of hydrogen-bond donors (Lipinski definition) is 2. The van der Waals surface area contributed by atoms with Crippen molar-refractivity contribution in [3.05, 3.63) is 35.9 Å². The second kappa shape index (κ2) is 5.54.